The van der Waals surface area contributed by atoms with Gasteiger partial charge < -0.3 is 10.1 Å². The number of carbonyl (C=O) groups excluding carboxylic acids is 1. The maximum absolute atomic E-state index is 12.6. The van der Waals surface area contributed by atoms with Crippen LogP contribution in [0.5, 0.6) is 5.75 Å². The third-order valence-corrected chi connectivity index (χ3v) is 5.11. The molecule has 0 bridgehead atoms. The lowest BCUT2D eigenvalue weighted by molar-refractivity contribution is -0.115. The van der Waals surface area contributed by atoms with Crippen LogP contribution in [0.4, 0.5) is 5.69 Å². The number of hydrogen-bond donors (Lipinski definition) is 1. The zero-order valence-electron chi connectivity index (χ0n) is 14.6. The van der Waals surface area contributed by atoms with E-state index in [2.05, 4.69) is 44.3 Å². The normalized spacial score (nSPS) is 16.2. The van der Waals surface area contributed by atoms with Crippen molar-refractivity contribution in [2.24, 2.45) is 0 Å². The van der Waals surface area contributed by atoms with Crippen LogP contribution in [0.25, 0.3) is 0 Å². The minimum atomic E-state index is -0.217. The number of thioether (sulfide) groups is 1. The Morgan fingerprint density at radius 3 is 2.75 bits per heavy atom. The SMILES string of the molecule is Cc1cccc(SC(C)C(=O)Nc2cccc3c2OC(C)(C)C3)c1. The molecule has 2 aromatic carbocycles. The first kappa shape index (κ1) is 16.9. The van der Waals surface area contributed by atoms with Gasteiger partial charge in [0.2, 0.25) is 5.91 Å². The number of aryl methyl sites for hydroxylation is 1. The van der Waals surface area contributed by atoms with Crippen molar-refractivity contribution in [1.29, 1.82) is 0 Å². The maximum atomic E-state index is 12.6. The number of rotatable bonds is 4. The lowest BCUT2D eigenvalue weighted by Gasteiger charge is -2.19. The quantitative estimate of drug-likeness (QED) is 0.810. The second-order valence-electron chi connectivity index (χ2n) is 6.90. The van der Waals surface area contributed by atoms with Crippen LogP contribution in [0.2, 0.25) is 0 Å². The largest absolute Gasteiger partial charge is 0.485 e. The third kappa shape index (κ3) is 3.75. The van der Waals surface area contributed by atoms with Crippen LogP contribution in [0.15, 0.2) is 47.4 Å². The van der Waals surface area contributed by atoms with E-state index in [4.69, 9.17) is 4.74 Å². The second-order valence-corrected chi connectivity index (χ2v) is 8.31. The molecule has 1 heterocycles. The van der Waals surface area contributed by atoms with Crippen molar-refractivity contribution < 1.29 is 9.53 Å². The molecule has 0 aliphatic carbocycles. The van der Waals surface area contributed by atoms with Gasteiger partial charge in [-0.05, 0) is 45.9 Å². The van der Waals surface area contributed by atoms with Gasteiger partial charge in [-0.1, -0.05) is 29.8 Å². The van der Waals surface area contributed by atoms with Gasteiger partial charge in [0.05, 0.1) is 10.9 Å². The Balaban J connectivity index is 1.71. The summed E-state index contributed by atoms with van der Waals surface area (Å²) in [6, 6.07) is 14.1. The van der Waals surface area contributed by atoms with Crippen molar-refractivity contribution in [3.8, 4) is 5.75 Å². The predicted octanol–water partition coefficient (Wildman–Crippen LogP) is 4.83. The molecule has 3 rings (SSSR count). The molecule has 126 valence electrons. The van der Waals surface area contributed by atoms with Gasteiger partial charge in [0.15, 0.2) is 0 Å². The fraction of sp³-hybridized carbons (Fsp3) is 0.350. The summed E-state index contributed by atoms with van der Waals surface area (Å²) in [7, 11) is 0. The Kier molecular flexibility index (Phi) is 4.59. The van der Waals surface area contributed by atoms with Gasteiger partial charge in [-0.2, -0.15) is 0 Å². The minimum Gasteiger partial charge on any atom is -0.485 e. The van der Waals surface area contributed by atoms with Crippen LogP contribution in [0.3, 0.4) is 0 Å². The summed E-state index contributed by atoms with van der Waals surface area (Å²) >= 11 is 1.57. The van der Waals surface area contributed by atoms with Gasteiger partial charge >= 0.3 is 0 Å². The Morgan fingerprint density at radius 2 is 2.00 bits per heavy atom. The summed E-state index contributed by atoms with van der Waals surface area (Å²) in [5.41, 5.74) is 2.89. The van der Waals surface area contributed by atoms with Gasteiger partial charge in [-0.25, -0.2) is 0 Å². The van der Waals surface area contributed by atoms with E-state index >= 15 is 0 Å². The van der Waals surface area contributed by atoms with Gasteiger partial charge in [-0.15, -0.1) is 11.8 Å². The van der Waals surface area contributed by atoms with Crippen LogP contribution in [-0.4, -0.2) is 16.8 Å². The van der Waals surface area contributed by atoms with Crippen molar-refractivity contribution in [3.05, 3.63) is 53.6 Å². The van der Waals surface area contributed by atoms with E-state index in [-0.39, 0.29) is 16.8 Å². The summed E-state index contributed by atoms with van der Waals surface area (Å²) in [6.07, 6.45) is 0.861. The van der Waals surface area contributed by atoms with Crippen LogP contribution in [0, 0.1) is 6.92 Å². The molecular formula is C20H23NO2S. The van der Waals surface area contributed by atoms with Crippen molar-refractivity contribution >= 4 is 23.4 Å². The molecule has 2 aromatic rings. The molecule has 1 aliphatic rings. The Bertz CT molecular complexity index is 770. The van der Waals surface area contributed by atoms with E-state index < -0.39 is 0 Å². The van der Waals surface area contributed by atoms with E-state index in [0.717, 1.165) is 28.3 Å². The standard InChI is InChI=1S/C20H23NO2S/c1-13-7-5-9-16(11-13)24-14(2)19(22)21-17-10-6-8-15-12-20(3,4)23-18(15)17/h5-11,14H,12H2,1-4H3,(H,21,22). The average molecular weight is 341 g/mol. The molecule has 0 saturated carbocycles. The number of ether oxygens (including phenoxy) is 1. The van der Waals surface area contributed by atoms with E-state index in [1.807, 2.05) is 31.2 Å². The molecule has 3 nitrogen and oxygen atoms in total. The number of nitrogens with one attached hydrogen (secondary N) is 1. The van der Waals surface area contributed by atoms with Crippen LogP contribution >= 0.6 is 11.8 Å². The topological polar surface area (TPSA) is 38.3 Å². The van der Waals surface area contributed by atoms with Crippen LogP contribution < -0.4 is 10.1 Å². The van der Waals surface area contributed by atoms with Crippen molar-refractivity contribution in [3.63, 3.8) is 0 Å². The number of benzene rings is 2. The zero-order chi connectivity index (χ0) is 17.3. The Hall–Kier alpha value is -1.94. The van der Waals surface area contributed by atoms with Gasteiger partial charge in [0, 0.05) is 16.9 Å². The lowest BCUT2D eigenvalue weighted by atomic mass is 10.0. The van der Waals surface area contributed by atoms with Crippen molar-refractivity contribution in [2.75, 3.05) is 5.32 Å². The predicted molar refractivity (Wildman–Crippen MR) is 100.0 cm³/mol. The average Bonchev–Trinajstić information content (AvgIpc) is 2.82. The molecule has 1 amide bonds. The summed E-state index contributed by atoms with van der Waals surface area (Å²) in [5.74, 6) is 0.798. The van der Waals surface area contributed by atoms with Crippen molar-refractivity contribution in [2.45, 2.75) is 49.9 Å². The molecule has 24 heavy (non-hydrogen) atoms. The van der Waals surface area contributed by atoms with E-state index in [9.17, 15) is 4.79 Å². The Morgan fingerprint density at radius 1 is 1.25 bits per heavy atom. The highest BCUT2D eigenvalue weighted by atomic mass is 32.2. The first-order chi connectivity index (χ1) is 11.3. The number of amides is 1. The van der Waals surface area contributed by atoms with Crippen LogP contribution in [0.1, 0.15) is 31.9 Å². The van der Waals surface area contributed by atoms with Gasteiger partial charge in [0.25, 0.3) is 0 Å². The molecule has 0 saturated heterocycles. The van der Waals surface area contributed by atoms with Gasteiger partial charge in [0.1, 0.15) is 11.4 Å². The fourth-order valence-corrected chi connectivity index (χ4v) is 3.88. The highest BCUT2D eigenvalue weighted by Gasteiger charge is 2.32. The molecule has 0 aromatic heterocycles. The number of carbonyl (C=O) groups is 1. The first-order valence-corrected chi connectivity index (χ1v) is 9.07. The summed E-state index contributed by atoms with van der Waals surface area (Å²) in [6.45, 7) is 8.11. The first-order valence-electron chi connectivity index (χ1n) is 8.19. The molecule has 1 N–H and O–H groups in total. The number of anilines is 1. The molecular weight excluding hydrogens is 318 g/mol. The number of hydrogen-bond acceptors (Lipinski definition) is 3. The molecule has 0 radical (unpaired) electrons. The van der Waals surface area contributed by atoms with Gasteiger partial charge in [-0.3, -0.25) is 4.79 Å². The summed E-state index contributed by atoms with van der Waals surface area (Å²) in [5, 5.41) is 2.85. The smallest absolute Gasteiger partial charge is 0.237 e. The molecule has 1 unspecified atom stereocenters. The molecule has 0 spiro atoms. The van der Waals surface area contributed by atoms with Crippen molar-refractivity contribution in [1.82, 2.24) is 0 Å². The molecule has 0 fully saturated rings. The number of fused-ring (bicyclic) bond motifs is 1. The second kappa shape index (κ2) is 6.52. The summed E-state index contributed by atoms with van der Waals surface area (Å²) < 4.78 is 6.02. The van der Waals surface area contributed by atoms with E-state index in [0.29, 0.717) is 0 Å². The summed E-state index contributed by atoms with van der Waals surface area (Å²) in [4.78, 5) is 13.7. The lowest BCUT2D eigenvalue weighted by Crippen LogP contribution is -2.25. The highest BCUT2D eigenvalue weighted by molar-refractivity contribution is 8.00. The monoisotopic (exact) mass is 341 g/mol. The minimum absolute atomic E-state index is 0.0109. The number of para-hydroxylation sites is 1. The third-order valence-electron chi connectivity index (χ3n) is 4.02. The fourth-order valence-electron chi connectivity index (χ4n) is 2.89. The van der Waals surface area contributed by atoms with E-state index in [1.165, 1.54) is 5.56 Å². The molecule has 1 aliphatic heterocycles. The Labute approximate surface area is 147 Å². The van der Waals surface area contributed by atoms with E-state index in [1.54, 1.807) is 11.8 Å². The van der Waals surface area contributed by atoms with Crippen LogP contribution in [-0.2, 0) is 11.2 Å². The molecule has 1 atom stereocenters. The highest BCUT2D eigenvalue weighted by Crippen LogP contribution is 2.40. The molecule has 4 heteroatoms. The zero-order valence-corrected chi connectivity index (χ0v) is 15.4. The maximum Gasteiger partial charge on any atom is 0.237 e.